The molecule has 3 rings (SSSR count). The maximum absolute atomic E-state index is 11.7. The minimum Gasteiger partial charge on any atom is -0.327 e. The number of hydrogen-bond donors (Lipinski definition) is 1. The molecule has 1 aromatic heterocycles. The first-order chi connectivity index (χ1) is 10.1. The summed E-state index contributed by atoms with van der Waals surface area (Å²) >= 11 is 1.33. The molecular weight excluding hydrogens is 318 g/mol. The lowest BCUT2D eigenvalue weighted by atomic mass is 9.96. The van der Waals surface area contributed by atoms with Crippen LogP contribution in [0.3, 0.4) is 0 Å². The lowest BCUT2D eigenvalue weighted by molar-refractivity contribution is 0.123. The van der Waals surface area contributed by atoms with Crippen molar-refractivity contribution >= 4 is 34.0 Å². The fourth-order valence-electron chi connectivity index (χ4n) is 3.32. The summed E-state index contributed by atoms with van der Waals surface area (Å²) in [5, 5.41) is 0. The van der Waals surface area contributed by atoms with E-state index < -0.39 is 0 Å². The minimum atomic E-state index is 0. The van der Waals surface area contributed by atoms with E-state index in [0.717, 1.165) is 23.3 Å². The van der Waals surface area contributed by atoms with Crippen LogP contribution in [0.5, 0.6) is 0 Å². The van der Waals surface area contributed by atoms with Gasteiger partial charge in [0.1, 0.15) is 0 Å². The van der Waals surface area contributed by atoms with Crippen molar-refractivity contribution in [3.05, 3.63) is 33.4 Å². The standard InChI is InChI=1S/C16H23N3OS.ClH/c1-11(17)13-5-3-4-8-19(13)10-12-6-7-14-15(9-12)21-16(20)18(14)2;/h6-7,9,11,13H,3-5,8,10,17H2,1-2H3;1H. The summed E-state index contributed by atoms with van der Waals surface area (Å²) in [5.74, 6) is 0. The van der Waals surface area contributed by atoms with Crippen molar-refractivity contribution in [1.82, 2.24) is 9.47 Å². The topological polar surface area (TPSA) is 51.3 Å². The number of likely N-dealkylation sites (tertiary alicyclic amines) is 1. The van der Waals surface area contributed by atoms with Gasteiger partial charge in [-0.1, -0.05) is 23.8 Å². The second kappa shape index (κ2) is 7.13. The van der Waals surface area contributed by atoms with Gasteiger partial charge in [-0.05, 0) is 44.0 Å². The molecule has 1 aromatic carbocycles. The molecule has 0 amide bonds. The first-order valence-corrected chi connectivity index (χ1v) is 8.46. The summed E-state index contributed by atoms with van der Waals surface area (Å²) in [5.41, 5.74) is 8.44. The Bertz CT molecular complexity index is 694. The molecule has 4 nitrogen and oxygen atoms in total. The van der Waals surface area contributed by atoms with E-state index in [-0.39, 0.29) is 23.3 Å². The van der Waals surface area contributed by atoms with E-state index in [2.05, 4.69) is 30.0 Å². The van der Waals surface area contributed by atoms with Gasteiger partial charge in [-0.25, -0.2) is 0 Å². The molecule has 22 heavy (non-hydrogen) atoms. The first kappa shape index (κ1) is 17.5. The molecule has 2 heterocycles. The summed E-state index contributed by atoms with van der Waals surface area (Å²) < 4.78 is 2.80. The highest BCUT2D eigenvalue weighted by Crippen LogP contribution is 2.24. The molecule has 0 aliphatic carbocycles. The molecular formula is C16H24ClN3OS. The normalized spacial score (nSPS) is 20.8. The Morgan fingerprint density at radius 3 is 2.91 bits per heavy atom. The van der Waals surface area contributed by atoms with Crippen LogP contribution < -0.4 is 10.6 Å². The van der Waals surface area contributed by atoms with E-state index in [1.54, 1.807) is 4.57 Å². The summed E-state index contributed by atoms with van der Waals surface area (Å²) in [6, 6.07) is 7.05. The van der Waals surface area contributed by atoms with E-state index in [9.17, 15) is 4.79 Å². The van der Waals surface area contributed by atoms with Crippen LogP contribution in [0.15, 0.2) is 23.0 Å². The maximum Gasteiger partial charge on any atom is 0.307 e. The maximum atomic E-state index is 11.7. The molecule has 1 fully saturated rings. The van der Waals surface area contributed by atoms with Gasteiger partial charge in [0.05, 0.1) is 10.2 Å². The number of halogens is 1. The van der Waals surface area contributed by atoms with Crippen LogP contribution in [-0.4, -0.2) is 28.1 Å². The van der Waals surface area contributed by atoms with Crippen LogP contribution >= 0.6 is 23.7 Å². The molecule has 0 saturated carbocycles. The van der Waals surface area contributed by atoms with Crippen LogP contribution in [0.4, 0.5) is 0 Å². The largest absolute Gasteiger partial charge is 0.327 e. The third-order valence-electron chi connectivity index (χ3n) is 4.51. The Kier molecular flexibility index (Phi) is 5.66. The number of nitrogens with two attached hydrogens (primary N) is 1. The highest BCUT2D eigenvalue weighted by Gasteiger charge is 2.25. The number of aryl methyl sites for hydroxylation is 1. The summed E-state index contributed by atoms with van der Waals surface area (Å²) in [6.07, 6.45) is 3.73. The van der Waals surface area contributed by atoms with Crippen molar-refractivity contribution in [2.75, 3.05) is 6.54 Å². The zero-order valence-corrected chi connectivity index (χ0v) is 14.8. The lowest BCUT2D eigenvalue weighted by Gasteiger charge is -2.38. The Hall–Kier alpha value is -0.880. The molecule has 2 aromatic rings. The van der Waals surface area contributed by atoms with Gasteiger partial charge in [0.25, 0.3) is 0 Å². The zero-order chi connectivity index (χ0) is 15.0. The second-order valence-corrected chi connectivity index (χ2v) is 7.11. The van der Waals surface area contributed by atoms with E-state index in [4.69, 9.17) is 5.73 Å². The smallest absolute Gasteiger partial charge is 0.307 e. The number of benzene rings is 1. The van der Waals surface area contributed by atoms with Crippen LogP contribution in [0.1, 0.15) is 31.7 Å². The molecule has 0 bridgehead atoms. The van der Waals surface area contributed by atoms with Gasteiger partial charge in [0.15, 0.2) is 0 Å². The number of rotatable bonds is 3. The van der Waals surface area contributed by atoms with Gasteiger partial charge in [-0.15, -0.1) is 12.4 Å². The molecule has 1 aliphatic rings. The second-order valence-electron chi connectivity index (χ2n) is 6.12. The van der Waals surface area contributed by atoms with Crippen LogP contribution in [0.2, 0.25) is 0 Å². The van der Waals surface area contributed by atoms with Gasteiger partial charge in [-0.2, -0.15) is 0 Å². The monoisotopic (exact) mass is 341 g/mol. The Balaban J connectivity index is 0.00000176. The summed E-state index contributed by atoms with van der Waals surface area (Å²) in [7, 11) is 1.83. The van der Waals surface area contributed by atoms with Gasteiger partial charge in [0.2, 0.25) is 0 Å². The molecule has 2 unspecified atom stereocenters. The van der Waals surface area contributed by atoms with Gasteiger partial charge in [0, 0.05) is 25.7 Å². The average Bonchev–Trinajstić information content (AvgIpc) is 2.74. The van der Waals surface area contributed by atoms with Gasteiger partial charge >= 0.3 is 4.87 Å². The van der Waals surface area contributed by atoms with Crippen molar-refractivity contribution in [2.24, 2.45) is 12.8 Å². The van der Waals surface area contributed by atoms with Crippen molar-refractivity contribution in [3.8, 4) is 0 Å². The molecule has 0 spiro atoms. The number of fused-ring (bicyclic) bond motifs is 1. The van der Waals surface area contributed by atoms with E-state index in [1.165, 1.54) is 36.2 Å². The highest BCUT2D eigenvalue weighted by atomic mass is 35.5. The number of hydrogen-bond acceptors (Lipinski definition) is 4. The molecule has 2 atom stereocenters. The Morgan fingerprint density at radius 1 is 1.41 bits per heavy atom. The van der Waals surface area contributed by atoms with Crippen molar-refractivity contribution in [3.63, 3.8) is 0 Å². The van der Waals surface area contributed by atoms with Crippen molar-refractivity contribution < 1.29 is 0 Å². The highest BCUT2D eigenvalue weighted by molar-refractivity contribution is 7.16. The molecule has 6 heteroatoms. The van der Waals surface area contributed by atoms with E-state index in [0.29, 0.717) is 6.04 Å². The lowest BCUT2D eigenvalue weighted by Crippen LogP contribution is -2.48. The predicted octanol–water partition coefficient (Wildman–Crippen LogP) is 2.72. The number of piperidine rings is 1. The van der Waals surface area contributed by atoms with E-state index >= 15 is 0 Å². The number of nitrogens with zero attached hydrogens (tertiary/aromatic N) is 2. The molecule has 0 radical (unpaired) electrons. The number of thiazole rings is 1. The van der Waals surface area contributed by atoms with Gasteiger partial charge < -0.3 is 10.3 Å². The fraction of sp³-hybridized carbons (Fsp3) is 0.562. The zero-order valence-electron chi connectivity index (χ0n) is 13.1. The van der Waals surface area contributed by atoms with Crippen molar-refractivity contribution in [1.29, 1.82) is 0 Å². The van der Waals surface area contributed by atoms with Crippen molar-refractivity contribution in [2.45, 2.75) is 44.8 Å². The summed E-state index contributed by atoms with van der Waals surface area (Å²) in [6.45, 7) is 4.16. The Morgan fingerprint density at radius 2 is 2.18 bits per heavy atom. The molecule has 122 valence electrons. The van der Waals surface area contributed by atoms with Crippen LogP contribution in [-0.2, 0) is 13.6 Å². The quantitative estimate of drug-likeness (QED) is 0.933. The fourth-order valence-corrected chi connectivity index (χ4v) is 4.26. The van der Waals surface area contributed by atoms with Gasteiger partial charge in [-0.3, -0.25) is 9.69 Å². The van der Waals surface area contributed by atoms with E-state index in [1.807, 2.05) is 7.05 Å². The number of aromatic nitrogens is 1. The first-order valence-electron chi connectivity index (χ1n) is 7.64. The Labute approximate surface area is 141 Å². The average molecular weight is 342 g/mol. The molecule has 1 aliphatic heterocycles. The molecule has 2 N–H and O–H groups in total. The van der Waals surface area contributed by atoms with Crippen LogP contribution in [0.25, 0.3) is 10.2 Å². The van der Waals surface area contributed by atoms with Crippen LogP contribution in [0, 0.1) is 0 Å². The third kappa shape index (κ3) is 3.38. The summed E-state index contributed by atoms with van der Waals surface area (Å²) in [4.78, 5) is 14.3. The predicted molar refractivity (Wildman–Crippen MR) is 96.0 cm³/mol. The SMILES string of the molecule is CC(N)C1CCCCN1Cc1ccc2c(c1)sc(=O)n2C.Cl. The minimum absolute atomic E-state index is 0. The third-order valence-corrected chi connectivity index (χ3v) is 5.51. The molecule has 1 saturated heterocycles.